The zero-order valence-electron chi connectivity index (χ0n) is 12.9. The fourth-order valence-electron chi connectivity index (χ4n) is 2.69. The van der Waals surface area contributed by atoms with Crippen LogP contribution in [0.5, 0.6) is 0 Å². The predicted molar refractivity (Wildman–Crippen MR) is 87.7 cm³/mol. The largest absolute Gasteiger partial charge is 0.409 e. The van der Waals surface area contributed by atoms with Crippen molar-refractivity contribution in [1.29, 1.82) is 0 Å². The van der Waals surface area contributed by atoms with Crippen molar-refractivity contribution < 1.29 is 5.21 Å². The maximum absolute atomic E-state index is 8.90. The molecule has 6 heteroatoms. The summed E-state index contributed by atoms with van der Waals surface area (Å²) in [5.74, 6) is 2.84. The smallest absolute Gasteiger partial charge is 0.156 e. The minimum Gasteiger partial charge on any atom is -0.409 e. The fraction of sp³-hybridized carbons (Fsp3) is 0.929. The molecule has 0 aromatic heterocycles. The van der Waals surface area contributed by atoms with E-state index in [1.807, 2.05) is 11.8 Å². The van der Waals surface area contributed by atoms with Crippen LogP contribution in [0.1, 0.15) is 33.1 Å². The third-order valence-electron chi connectivity index (χ3n) is 3.83. The first-order valence-corrected chi connectivity index (χ1v) is 8.89. The lowest BCUT2D eigenvalue weighted by Crippen LogP contribution is -2.54. The van der Waals surface area contributed by atoms with Gasteiger partial charge in [-0.15, -0.1) is 0 Å². The van der Waals surface area contributed by atoms with E-state index in [0.29, 0.717) is 5.84 Å². The van der Waals surface area contributed by atoms with Crippen molar-refractivity contribution in [3.8, 4) is 0 Å². The number of oxime groups is 1. The van der Waals surface area contributed by atoms with E-state index in [-0.39, 0.29) is 6.04 Å². The van der Waals surface area contributed by atoms with Crippen molar-refractivity contribution in [2.75, 3.05) is 44.2 Å². The number of hydrogen-bond donors (Lipinski definition) is 2. The standard InChI is InChI=1S/C14H30N4OS/c1-3-6-13(14(15)16-19)18-10-8-17(9-11-18)7-5-12-20-4-2/h13,19H,3-12H2,1-2H3,(H2,15,16). The van der Waals surface area contributed by atoms with Gasteiger partial charge in [0.1, 0.15) is 0 Å². The van der Waals surface area contributed by atoms with Gasteiger partial charge in [0, 0.05) is 26.2 Å². The van der Waals surface area contributed by atoms with Gasteiger partial charge >= 0.3 is 0 Å². The van der Waals surface area contributed by atoms with Gasteiger partial charge in [-0.25, -0.2) is 0 Å². The lowest BCUT2D eigenvalue weighted by Gasteiger charge is -2.38. The van der Waals surface area contributed by atoms with E-state index in [4.69, 9.17) is 10.9 Å². The number of piperazine rings is 1. The van der Waals surface area contributed by atoms with E-state index in [2.05, 4.69) is 28.8 Å². The van der Waals surface area contributed by atoms with Gasteiger partial charge in [-0.1, -0.05) is 25.4 Å². The zero-order valence-corrected chi connectivity index (χ0v) is 13.7. The second kappa shape index (κ2) is 10.3. The minimum absolute atomic E-state index is 0.0998. The van der Waals surface area contributed by atoms with Crippen molar-refractivity contribution in [2.24, 2.45) is 10.9 Å². The number of rotatable bonds is 9. The Bertz CT molecular complexity index is 280. The molecule has 1 saturated heterocycles. The highest BCUT2D eigenvalue weighted by atomic mass is 32.2. The Balaban J connectivity index is 2.32. The zero-order chi connectivity index (χ0) is 14.8. The van der Waals surface area contributed by atoms with Gasteiger partial charge in [0.25, 0.3) is 0 Å². The summed E-state index contributed by atoms with van der Waals surface area (Å²) in [6, 6.07) is 0.0998. The SMILES string of the molecule is CCCC(C(N)=NO)N1CCN(CCCSCC)CC1. The maximum atomic E-state index is 8.90. The monoisotopic (exact) mass is 302 g/mol. The van der Waals surface area contributed by atoms with Gasteiger partial charge in [-0.2, -0.15) is 11.8 Å². The van der Waals surface area contributed by atoms with Gasteiger partial charge < -0.3 is 15.8 Å². The van der Waals surface area contributed by atoms with Crippen LogP contribution < -0.4 is 5.73 Å². The average Bonchev–Trinajstić information content (AvgIpc) is 2.49. The molecule has 0 aromatic carbocycles. The molecule has 0 amide bonds. The average molecular weight is 302 g/mol. The van der Waals surface area contributed by atoms with Crippen LogP contribution in [0.4, 0.5) is 0 Å². The first-order valence-electron chi connectivity index (χ1n) is 7.74. The molecule has 1 heterocycles. The van der Waals surface area contributed by atoms with Crippen LogP contribution in [0.15, 0.2) is 5.16 Å². The quantitative estimate of drug-likeness (QED) is 0.223. The van der Waals surface area contributed by atoms with Crippen LogP contribution in [-0.4, -0.2) is 71.1 Å². The summed E-state index contributed by atoms with van der Waals surface area (Å²) in [4.78, 5) is 4.89. The van der Waals surface area contributed by atoms with Gasteiger partial charge in [0.05, 0.1) is 6.04 Å². The molecule has 5 nitrogen and oxygen atoms in total. The van der Waals surface area contributed by atoms with E-state index in [1.54, 1.807) is 0 Å². The number of nitrogens with zero attached hydrogens (tertiary/aromatic N) is 3. The van der Waals surface area contributed by atoms with Crippen molar-refractivity contribution in [1.82, 2.24) is 9.80 Å². The molecule has 0 aliphatic carbocycles. The summed E-state index contributed by atoms with van der Waals surface area (Å²) >= 11 is 2.02. The summed E-state index contributed by atoms with van der Waals surface area (Å²) in [5, 5.41) is 12.1. The third kappa shape index (κ3) is 5.89. The van der Waals surface area contributed by atoms with E-state index in [1.165, 1.54) is 24.5 Å². The Morgan fingerprint density at radius 2 is 2.00 bits per heavy atom. The van der Waals surface area contributed by atoms with Crippen LogP contribution >= 0.6 is 11.8 Å². The maximum Gasteiger partial charge on any atom is 0.156 e. The topological polar surface area (TPSA) is 65.1 Å². The Morgan fingerprint density at radius 3 is 2.55 bits per heavy atom. The van der Waals surface area contributed by atoms with Crippen molar-refractivity contribution in [2.45, 2.75) is 39.2 Å². The van der Waals surface area contributed by atoms with E-state index in [0.717, 1.165) is 39.0 Å². The molecule has 118 valence electrons. The first kappa shape index (κ1) is 17.6. The van der Waals surface area contributed by atoms with Crippen LogP contribution in [0, 0.1) is 0 Å². The van der Waals surface area contributed by atoms with E-state index < -0.39 is 0 Å². The highest BCUT2D eigenvalue weighted by Crippen LogP contribution is 2.12. The highest BCUT2D eigenvalue weighted by Gasteiger charge is 2.25. The van der Waals surface area contributed by atoms with Gasteiger partial charge in [0.15, 0.2) is 5.84 Å². The molecule has 1 rings (SSSR count). The summed E-state index contributed by atoms with van der Waals surface area (Å²) < 4.78 is 0. The molecule has 0 bridgehead atoms. The van der Waals surface area contributed by atoms with Crippen molar-refractivity contribution >= 4 is 17.6 Å². The van der Waals surface area contributed by atoms with E-state index in [9.17, 15) is 0 Å². The number of nitrogens with two attached hydrogens (primary N) is 1. The second-order valence-corrected chi connectivity index (χ2v) is 6.65. The molecule has 0 saturated carbocycles. The first-order chi connectivity index (χ1) is 9.72. The lowest BCUT2D eigenvalue weighted by atomic mass is 10.1. The molecular weight excluding hydrogens is 272 g/mol. The number of amidine groups is 1. The van der Waals surface area contributed by atoms with Gasteiger partial charge in [-0.05, 0) is 30.9 Å². The molecule has 0 aromatic rings. The Labute approximate surface area is 127 Å². The molecule has 3 N–H and O–H groups in total. The van der Waals surface area contributed by atoms with Crippen molar-refractivity contribution in [3.05, 3.63) is 0 Å². The summed E-state index contributed by atoms with van der Waals surface area (Å²) in [7, 11) is 0. The molecule has 20 heavy (non-hydrogen) atoms. The minimum atomic E-state index is 0.0998. The van der Waals surface area contributed by atoms with Crippen LogP contribution in [-0.2, 0) is 0 Å². The molecule has 1 unspecified atom stereocenters. The summed E-state index contributed by atoms with van der Waals surface area (Å²) in [5.41, 5.74) is 5.82. The second-order valence-electron chi connectivity index (χ2n) is 5.26. The Hall–Kier alpha value is -0.460. The molecule has 1 aliphatic rings. The van der Waals surface area contributed by atoms with Crippen LogP contribution in [0.25, 0.3) is 0 Å². The number of thioether (sulfide) groups is 1. The summed E-state index contributed by atoms with van der Waals surface area (Å²) in [6.45, 7) is 9.77. The molecule has 0 radical (unpaired) electrons. The predicted octanol–water partition coefficient (Wildman–Crippen LogP) is 1.66. The molecule has 1 fully saturated rings. The molecular formula is C14H30N4OS. The fourth-order valence-corrected chi connectivity index (χ4v) is 3.31. The van der Waals surface area contributed by atoms with Crippen LogP contribution in [0.2, 0.25) is 0 Å². The Morgan fingerprint density at radius 1 is 1.30 bits per heavy atom. The summed E-state index contributed by atoms with van der Waals surface area (Å²) in [6.07, 6.45) is 3.29. The normalized spacial score (nSPS) is 20.2. The molecule has 0 spiro atoms. The molecule has 1 aliphatic heterocycles. The Kier molecular flexibility index (Phi) is 9.05. The third-order valence-corrected chi connectivity index (χ3v) is 4.82. The van der Waals surface area contributed by atoms with E-state index >= 15 is 0 Å². The van der Waals surface area contributed by atoms with Gasteiger partial charge in [-0.3, -0.25) is 4.90 Å². The van der Waals surface area contributed by atoms with Crippen molar-refractivity contribution in [3.63, 3.8) is 0 Å². The van der Waals surface area contributed by atoms with Gasteiger partial charge in [0.2, 0.25) is 0 Å². The number of hydrogen-bond acceptors (Lipinski definition) is 5. The lowest BCUT2D eigenvalue weighted by molar-refractivity contribution is 0.113. The van der Waals surface area contributed by atoms with Crippen LogP contribution in [0.3, 0.4) is 0 Å². The highest BCUT2D eigenvalue weighted by molar-refractivity contribution is 7.99. The molecule has 1 atom stereocenters.